The zero-order valence-electron chi connectivity index (χ0n) is 14.1. The van der Waals surface area contributed by atoms with E-state index in [1.807, 2.05) is 0 Å². The van der Waals surface area contributed by atoms with Crippen molar-refractivity contribution in [3.05, 3.63) is 0 Å². The minimum absolute atomic E-state index is 0.148. The van der Waals surface area contributed by atoms with E-state index in [1.165, 1.54) is 0 Å². The van der Waals surface area contributed by atoms with Gasteiger partial charge in [-0.2, -0.15) is 0 Å². The van der Waals surface area contributed by atoms with Crippen LogP contribution in [-0.4, -0.2) is 83.3 Å². The summed E-state index contributed by atoms with van der Waals surface area (Å²) in [6.45, 7) is 0. The third kappa shape index (κ3) is 68.8. The molecule has 20 heavy (non-hydrogen) atoms. The Morgan fingerprint density at radius 1 is 0.900 bits per heavy atom. The first-order valence-electron chi connectivity index (χ1n) is 6.28. The number of quaternary nitrogens is 2. The molecule has 1 unspecified atom stereocenters. The van der Waals surface area contributed by atoms with Crippen LogP contribution in [0, 0.1) is 0 Å². The number of carbonyl (C=O) groups excluding carboxylic acids is 2. The fraction of sp³-hybridized carbons (Fsp3) is 0.846. The van der Waals surface area contributed by atoms with Crippen molar-refractivity contribution in [2.75, 3.05) is 56.4 Å². The van der Waals surface area contributed by atoms with E-state index in [9.17, 15) is 19.8 Å². The number of nitrogens with two attached hydrogens (primary N) is 1. The molecule has 0 aliphatic rings. The van der Waals surface area contributed by atoms with Gasteiger partial charge in [0, 0.05) is 12.0 Å². The summed E-state index contributed by atoms with van der Waals surface area (Å²) < 4.78 is 2.00. The van der Waals surface area contributed by atoms with Crippen molar-refractivity contribution in [3.8, 4) is 0 Å². The van der Waals surface area contributed by atoms with Crippen molar-refractivity contribution in [1.29, 1.82) is 0 Å². The minimum atomic E-state index is -1.44. The van der Waals surface area contributed by atoms with Crippen molar-refractivity contribution in [2.45, 2.75) is 18.9 Å². The second kappa shape index (κ2) is 10.6. The predicted octanol–water partition coefficient (Wildman–Crippen LogP) is -2.76. The maximum absolute atomic E-state index is 9.86. The van der Waals surface area contributed by atoms with Crippen LogP contribution in [-0.2, 0) is 9.59 Å². The van der Waals surface area contributed by atoms with E-state index in [4.69, 9.17) is 5.73 Å². The van der Waals surface area contributed by atoms with Crippen molar-refractivity contribution >= 4 is 11.9 Å². The topological polar surface area (TPSA) is 106 Å². The number of hydrogen-bond donors (Lipinski definition) is 1. The van der Waals surface area contributed by atoms with E-state index in [1.54, 1.807) is 0 Å². The van der Waals surface area contributed by atoms with Gasteiger partial charge in [0.05, 0.1) is 62.4 Å². The van der Waals surface area contributed by atoms with Crippen LogP contribution in [0.1, 0.15) is 12.8 Å². The van der Waals surface area contributed by atoms with Crippen LogP contribution in [0.4, 0.5) is 0 Å². The van der Waals surface area contributed by atoms with Crippen molar-refractivity contribution in [3.63, 3.8) is 0 Å². The highest BCUT2D eigenvalue weighted by Crippen LogP contribution is 1.90. The maximum atomic E-state index is 9.86. The highest BCUT2D eigenvalue weighted by molar-refractivity contribution is 5.72. The first-order valence-corrected chi connectivity index (χ1v) is 6.28. The van der Waals surface area contributed by atoms with Gasteiger partial charge in [0.2, 0.25) is 0 Å². The van der Waals surface area contributed by atoms with Gasteiger partial charge in [-0.15, -0.1) is 0 Å². The Hall–Kier alpha value is -1.18. The molecule has 7 heteroatoms. The van der Waals surface area contributed by atoms with Crippen molar-refractivity contribution in [2.24, 2.45) is 5.73 Å². The normalized spacial score (nSPS) is 12.2. The molecule has 0 heterocycles. The number of carboxylic acid groups (broad SMARTS) is 2. The van der Waals surface area contributed by atoms with Crippen LogP contribution in [0.15, 0.2) is 0 Å². The number of carboxylic acids is 2. The standard InChI is InChI=1S/C5H9NO4.2C4H12N/c6-3(5(9)10)1-2-4(7)8;2*1-5(2,3)4/h3H,1-2,6H2,(H,7,8)(H,9,10);2*1-4H3/q;2*+1/p-2. The minimum Gasteiger partial charge on any atom is -0.550 e. The van der Waals surface area contributed by atoms with E-state index in [2.05, 4.69) is 56.4 Å². The Bertz CT molecular complexity index is 256. The zero-order valence-corrected chi connectivity index (χ0v) is 14.1. The Balaban J connectivity index is -0.000000244. The lowest BCUT2D eigenvalue weighted by Crippen LogP contribution is -2.42. The second-order valence-corrected chi connectivity index (χ2v) is 7.20. The lowest BCUT2D eigenvalue weighted by Gasteiger charge is -2.14. The summed E-state index contributed by atoms with van der Waals surface area (Å²) in [5.41, 5.74) is 4.91. The molecule has 0 aromatic carbocycles. The Morgan fingerprint density at radius 3 is 1.30 bits per heavy atom. The van der Waals surface area contributed by atoms with Gasteiger partial charge >= 0.3 is 0 Å². The van der Waals surface area contributed by atoms with Crippen LogP contribution < -0.4 is 15.9 Å². The fourth-order valence-electron chi connectivity index (χ4n) is 0.391. The largest absolute Gasteiger partial charge is 0.550 e. The third-order valence-corrected chi connectivity index (χ3v) is 0.962. The number of carbonyl (C=O) groups is 2. The number of hydrogen-bond acceptors (Lipinski definition) is 5. The summed E-state index contributed by atoms with van der Waals surface area (Å²) in [4.78, 5) is 19.6. The van der Waals surface area contributed by atoms with E-state index in [0.717, 1.165) is 8.97 Å². The molecule has 0 saturated carbocycles. The highest BCUT2D eigenvalue weighted by Gasteiger charge is 2.01. The molecule has 0 rings (SSSR count). The molecule has 0 aromatic heterocycles. The Labute approximate surface area is 122 Å². The van der Waals surface area contributed by atoms with Gasteiger partial charge in [0.25, 0.3) is 0 Å². The van der Waals surface area contributed by atoms with Gasteiger partial charge in [-0.25, -0.2) is 0 Å². The van der Waals surface area contributed by atoms with Gasteiger partial charge in [-0.1, -0.05) is 0 Å². The summed E-state index contributed by atoms with van der Waals surface area (Å²) in [7, 11) is 17.0. The smallest absolute Gasteiger partial charge is 0.0675 e. The molecule has 0 aliphatic carbocycles. The Morgan fingerprint density at radius 2 is 1.15 bits per heavy atom. The van der Waals surface area contributed by atoms with Crippen LogP contribution in [0.25, 0.3) is 0 Å². The van der Waals surface area contributed by atoms with Crippen LogP contribution in [0.5, 0.6) is 0 Å². The molecule has 0 fully saturated rings. The summed E-state index contributed by atoms with van der Waals surface area (Å²) in [6, 6.07) is -1.21. The summed E-state index contributed by atoms with van der Waals surface area (Å²) >= 11 is 0. The number of nitrogens with zero attached hydrogens (tertiary/aromatic N) is 2. The quantitative estimate of drug-likeness (QED) is 0.565. The molecule has 122 valence electrons. The van der Waals surface area contributed by atoms with E-state index in [0.29, 0.717) is 0 Å². The Kier molecular flexibility index (Phi) is 12.6. The maximum Gasteiger partial charge on any atom is 0.0675 e. The van der Waals surface area contributed by atoms with Gasteiger partial charge in [0.1, 0.15) is 0 Å². The second-order valence-electron chi connectivity index (χ2n) is 7.20. The first kappa shape index (κ1) is 23.9. The lowest BCUT2D eigenvalue weighted by molar-refractivity contribution is -0.849. The number of rotatable bonds is 4. The summed E-state index contributed by atoms with van der Waals surface area (Å²) in [5, 5.41) is 19.6. The average Bonchev–Trinajstić information content (AvgIpc) is 2.07. The van der Waals surface area contributed by atoms with Crippen LogP contribution in [0.3, 0.4) is 0 Å². The van der Waals surface area contributed by atoms with Gasteiger partial charge < -0.3 is 34.5 Å². The van der Waals surface area contributed by atoms with Crippen molar-refractivity contribution < 1.29 is 28.8 Å². The predicted molar refractivity (Wildman–Crippen MR) is 75.1 cm³/mol. The van der Waals surface area contributed by atoms with Crippen molar-refractivity contribution in [1.82, 2.24) is 0 Å². The molecule has 0 aromatic rings. The SMILES string of the molecule is C[N+](C)(C)C.C[N+](C)(C)C.NC(CCC(=O)[O-])C(=O)[O-]. The summed E-state index contributed by atoms with van der Waals surface area (Å²) in [5.74, 6) is -2.75. The first-order chi connectivity index (χ1) is 8.54. The molecule has 1 atom stereocenters. The van der Waals surface area contributed by atoms with E-state index in [-0.39, 0.29) is 12.8 Å². The van der Waals surface area contributed by atoms with E-state index < -0.39 is 18.0 Å². The van der Waals surface area contributed by atoms with Gasteiger partial charge in [0.15, 0.2) is 0 Å². The molecule has 0 saturated heterocycles. The van der Waals surface area contributed by atoms with Gasteiger partial charge in [-0.3, -0.25) is 0 Å². The monoisotopic (exact) mass is 293 g/mol. The average molecular weight is 293 g/mol. The molecule has 0 spiro atoms. The molecule has 2 N–H and O–H groups in total. The van der Waals surface area contributed by atoms with E-state index >= 15 is 0 Å². The molecule has 0 amide bonds. The lowest BCUT2D eigenvalue weighted by atomic mass is 10.2. The van der Waals surface area contributed by atoms with Crippen LogP contribution in [0.2, 0.25) is 0 Å². The number of aliphatic carboxylic acids is 2. The third-order valence-electron chi connectivity index (χ3n) is 0.962. The fourth-order valence-corrected chi connectivity index (χ4v) is 0.391. The van der Waals surface area contributed by atoms with Gasteiger partial charge in [-0.05, 0) is 12.8 Å². The molecule has 7 nitrogen and oxygen atoms in total. The zero-order chi connectivity index (χ0) is 17.1. The molecular formula is C13H31N3O4. The van der Waals surface area contributed by atoms with Crippen LogP contribution >= 0.6 is 0 Å². The molecule has 0 aliphatic heterocycles. The molecule has 0 bridgehead atoms. The molecule has 0 radical (unpaired) electrons. The molecular weight excluding hydrogens is 262 g/mol. The summed E-state index contributed by atoms with van der Waals surface area (Å²) in [6.07, 6.45) is -0.500. The highest BCUT2D eigenvalue weighted by atomic mass is 16.4.